The first-order valence-corrected chi connectivity index (χ1v) is 10.1. The summed E-state index contributed by atoms with van der Waals surface area (Å²) in [5.41, 5.74) is 0.831. The minimum Gasteiger partial charge on any atom is -0.313 e. The molecule has 0 aliphatic carbocycles. The molecule has 1 aliphatic rings. The van der Waals surface area contributed by atoms with E-state index in [4.69, 9.17) is 11.6 Å². The third-order valence-electron chi connectivity index (χ3n) is 3.37. The maximum Gasteiger partial charge on any atom is 0.243 e. The van der Waals surface area contributed by atoms with Crippen LogP contribution < -0.4 is 5.32 Å². The van der Waals surface area contributed by atoms with Crippen molar-refractivity contribution < 1.29 is 8.42 Å². The Morgan fingerprint density at radius 3 is 2.71 bits per heavy atom. The molecule has 0 bridgehead atoms. The lowest BCUT2D eigenvalue weighted by molar-refractivity contribution is 0.443. The van der Waals surface area contributed by atoms with Gasteiger partial charge in [-0.2, -0.15) is 16.1 Å². The van der Waals surface area contributed by atoms with Crippen LogP contribution >= 0.6 is 23.4 Å². The Labute approximate surface area is 136 Å². The lowest BCUT2D eigenvalue weighted by Crippen LogP contribution is -2.37. The van der Waals surface area contributed by atoms with Crippen LogP contribution in [0.5, 0.6) is 0 Å². The van der Waals surface area contributed by atoms with Crippen LogP contribution in [0.1, 0.15) is 18.9 Å². The van der Waals surface area contributed by atoms with Crippen LogP contribution in [0.2, 0.25) is 5.02 Å². The summed E-state index contributed by atoms with van der Waals surface area (Å²) in [4.78, 5) is 0.340. The lowest BCUT2D eigenvalue weighted by Gasteiger charge is -2.25. The van der Waals surface area contributed by atoms with E-state index in [2.05, 4.69) is 12.2 Å². The third kappa shape index (κ3) is 4.36. The molecule has 1 saturated heterocycles. The van der Waals surface area contributed by atoms with Crippen molar-refractivity contribution in [3.8, 4) is 0 Å². The van der Waals surface area contributed by atoms with Crippen LogP contribution in [0.3, 0.4) is 0 Å². The average Bonchev–Trinajstić information content (AvgIpc) is 2.50. The van der Waals surface area contributed by atoms with Gasteiger partial charge in [0.2, 0.25) is 10.0 Å². The van der Waals surface area contributed by atoms with Crippen molar-refractivity contribution >= 4 is 33.4 Å². The molecule has 1 aromatic rings. The zero-order chi connectivity index (χ0) is 15.3. The lowest BCUT2D eigenvalue weighted by atomic mass is 10.2. The van der Waals surface area contributed by atoms with E-state index >= 15 is 0 Å². The number of hydrogen-bond donors (Lipinski definition) is 1. The third-order valence-corrected chi connectivity index (χ3v) is 6.57. The highest BCUT2D eigenvalue weighted by molar-refractivity contribution is 7.99. The van der Waals surface area contributed by atoms with Crippen molar-refractivity contribution in [2.45, 2.75) is 24.8 Å². The molecule has 0 aromatic heterocycles. The minimum atomic E-state index is -3.40. The summed E-state index contributed by atoms with van der Waals surface area (Å²) in [6.07, 6.45) is 1.03. The van der Waals surface area contributed by atoms with Gasteiger partial charge in [0.05, 0.1) is 4.90 Å². The van der Waals surface area contributed by atoms with E-state index in [0.717, 1.165) is 30.0 Å². The van der Waals surface area contributed by atoms with Crippen molar-refractivity contribution in [3.63, 3.8) is 0 Å². The number of sulfonamides is 1. The molecule has 0 amide bonds. The number of nitrogens with zero attached hydrogens (tertiary/aromatic N) is 1. The van der Waals surface area contributed by atoms with E-state index < -0.39 is 10.0 Å². The number of rotatable bonds is 6. The summed E-state index contributed by atoms with van der Waals surface area (Å²) in [6, 6.07) is 4.97. The molecule has 4 nitrogen and oxygen atoms in total. The first kappa shape index (κ1) is 17.1. The molecule has 1 heterocycles. The Kier molecular flexibility index (Phi) is 6.37. The Morgan fingerprint density at radius 1 is 1.33 bits per heavy atom. The van der Waals surface area contributed by atoms with Crippen LogP contribution in [0.15, 0.2) is 23.1 Å². The topological polar surface area (TPSA) is 49.4 Å². The van der Waals surface area contributed by atoms with Crippen LogP contribution in [0.25, 0.3) is 0 Å². The predicted octanol–water partition coefficient (Wildman–Crippen LogP) is 2.58. The van der Waals surface area contributed by atoms with Gasteiger partial charge in [0.1, 0.15) is 0 Å². The maximum absolute atomic E-state index is 12.6. The van der Waals surface area contributed by atoms with Gasteiger partial charge in [0.25, 0.3) is 0 Å². The summed E-state index contributed by atoms with van der Waals surface area (Å²) in [6.45, 7) is 4.73. The molecule has 0 saturated carbocycles. The largest absolute Gasteiger partial charge is 0.313 e. The molecule has 1 aromatic carbocycles. The monoisotopic (exact) mass is 348 g/mol. The molecule has 21 heavy (non-hydrogen) atoms. The number of thioether (sulfide) groups is 1. The van der Waals surface area contributed by atoms with Gasteiger partial charge in [-0.05, 0) is 36.7 Å². The Morgan fingerprint density at radius 2 is 2.05 bits per heavy atom. The van der Waals surface area contributed by atoms with Gasteiger partial charge in [0, 0.05) is 36.2 Å². The molecule has 118 valence electrons. The Balaban J connectivity index is 2.20. The number of hydrogen-bond acceptors (Lipinski definition) is 4. The van der Waals surface area contributed by atoms with E-state index in [-0.39, 0.29) is 0 Å². The quantitative estimate of drug-likeness (QED) is 0.803. The smallest absolute Gasteiger partial charge is 0.243 e. The van der Waals surface area contributed by atoms with Gasteiger partial charge >= 0.3 is 0 Å². The Bertz CT molecular complexity index is 572. The van der Waals surface area contributed by atoms with Crippen LogP contribution in [0, 0.1) is 0 Å². The summed E-state index contributed by atoms with van der Waals surface area (Å²) >= 11 is 7.95. The second-order valence-electron chi connectivity index (χ2n) is 4.95. The summed E-state index contributed by atoms with van der Waals surface area (Å²) in [7, 11) is -3.40. The fourth-order valence-electron chi connectivity index (χ4n) is 2.18. The highest BCUT2D eigenvalue weighted by Gasteiger charge is 2.26. The molecule has 1 aliphatic heterocycles. The van der Waals surface area contributed by atoms with Crippen molar-refractivity contribution in [1.29, 1.82) is 0 Å². The zero-order valence-corrected chi connectivity index (χ0v) is 14.5. The SMILES string of the molecule is CCCNCc1cc(S(=O)(=O)N2CCSCC2)ccc1Cl. The van der Waals surface area contributed by atoms with Gasteiger partial charge in [0.15, 0.2) is 0 Å². The van der Waals surface area contributed by atoms with Crippen LogP contribution in [0.4, 0.5) is 0 Å². The molecule has 0 spiro atoms. The van der Waals surface area contributed by atoms with Gasteiger partial charge in [-0.25, -0.2) is 8.42 Å². The van der Waals surface area contributed by atoms with Gasteiger partial charge in [-0.3, -0.25) is 0 Å². The Hall–Kier alpha value is -0.270. The average molecular weight is 349 g/mol. The predicted molar refractivity (Wildman–Crippen MR) is 89.5 cm³/mol. The molecule has 0 atom stereocenters. The fourth-order valence-corrected chi connectivity index (χ4v) is 4.99. The normalized spacial score (nSPS) is 17.0. The van der Waals surface area contributed by atoms with E-state index in [9.17, 15) is 8.42 Å². The van der Waals surface area contributed by atoms with E-state index in [0.29, 0.717) is 29.6 Å². The van der Waals surface area contributed by atoms with Crippen LogP contribution in [-0.2, 0) is 16.6 Å². The van der Waals surface area contributed by atoms with E-state index in [1.807, 2.05) is 0 Å². The highest BCUT2D eigenvalue weighted by atomic mass is 35.5. The molecule has 1 fully saturated rings. The first-order chi connectivity index (χ1) is 10.1. The molecular formula is C14H21ClN2O2S2. The van der Waals surface area contributed by atoms with E-state index in [1.165, 1.54) is 0 Å². The molecule has 0 radical (unpaired) electrons. The van der Waals surface area contributed by atoms with Gasteiger partial charge in [-0.15, -0.1) is 0 Å². The molecule has 1 N–H and O–H groups in total. The van der Waals surface area contributed by atoms with Gasteiger partial charge < -0.3 is 5.32 Å². The summed E-state index contributed by atoms with van der Waals surface area (Å²) < 4.78 is 26.8. The number of halogens is 1. The second-order valence-corrected chi connectivity index (χ2v) is 8.52. The van der Waals surface area contributed by atoms with Crippen molar-refractivity contribution in [1.82, 2.24) is 9.62 Å². The van der Waals surface area contributed by atoms with Gasteiger partial charge in [-0.1, -0.05) is 18.5 Å². The van der Waals surface area contributed by atoms with Crippen molar-refractivity contribution in [2.75, 3.05) is 31.1 Å². The maximum atomic E-state index is 12.6. The molecule has 0 unspecified atom stereocenters. The fraction of sp³-hybridized carbons (Fsp3) is 0.571. The molecule has 7 heteroatoms. The van der Waals surface area contributed by atoms with Crippen molar-refractivity contribution in [2.24, 2.45) is 0 Å². The standard InChI is InChI=1S/C14H21ClN2O2S2/c1-2-5-16-11-12-10-13(3-4-14(12)15)21(18,19)17-6-8-20-9-7-17/h3-4,10,16H,2,5-9,11H2,1H3. The zero-order valence-electron chi connectivity index (χ0n) is 12.1. The molecular weight excluding hydrogens is 328 g/mol. The number of nitrogens with one attached hydrogen (secondary N) is 1. The molecule has 2 rings (SSSR count). The highest BCUT2D eigenvalue weighted by Crippen LogP contribution is 2.24. The summed E-state index contributed by atoms with van der Waals surface area (Å²) in [5.74, 6) is 1.72. The second kappa shape index (κ2) is 7.83. The number of benzene rings is 1. The first-order valence-electron chi connectivity index (χ1n) is 7.12. The minimum absolute atomic E-state index is 0.340. The van der Waals surface area contributed by atoms with E-state index in [1.54, 1.807) is 34.3 Å². The van der Waals surface area contributed by atoms with Crippen molar-refractivity contribution in [3.05, 3.63) is 28.8 Å². The van der Waals surface area contributed by atoms with Crippen LogP contribution in [-0.4, -0.2) is 43.9 Å². The summed E-state index contributed by atoms with van der Waals surface area (Å²) in [5, 5.41) is 3.86.